The van der Waals surface area contributed by atoms with E-state index in [1.807, 2.05) is 0 Å². The van der Waals surface area contributed by atoms with E-state index in [9.17, 15) is 14.7 Å². The first kappa shape index (κ1) is 16.8. The molecule has 0 aromatic rings. The number of amides is 2. The van der Waals surface area contributed by atoms with Crippen LogP contribution in [-0.2, 0) is 4.79 Å². The first-order valence-corrected chi connectivity index (χ1v) is 7.42. The second-order valence-corrected chi connectivity index (χ2v) is 7.13. The van der Waals surface area contributed by atoms with Gasteiger partial charge in [0.15, 0.2) is 0 Å². The van der Waals surface area contributed by atoms with E-state index in [2.05, 4.69) is 24.5 Å². The van der Waals surface area contributed by atoms with Crippen LogP contribution in [0, 0.1) is 17.3 Å². The molecule has 0 aromatic carbocycles. The van der Waals surface area contributed by atoms with Crippen LogP contribution in [0.5, 0.6) is 0 Å². The normalized spacial score (nSPS) is 28.6. The number of nitrogens with one attached hydrogen (secondary N) is 2. The first-order chi connectivity index (χ1) is 9.12. The first-order valence-electron chi connectivity index (χ1n) is 7.42. The van der Waals surface area contributed by atoms with E-state index in [-0.39, 0.29) is 12.1 Å². The lowest BCUT2D eigenvalue weighted by molar-refractivity contribution is -0.141. The molecule has 4 atom stereocenters. The highest BCUT2D eigenvalue weighted by atomic mass is 16.4. The molecule has 20 heavy (non-hydrogen) atoms. The van der Waals surface area contributed by atoms with Gasteiger partial charge in [-0.2, -0.15) is 0 Å². The third kappa shape index (κ3) is 4.39. The van der Waals surface area contributed by atoms with Crippen molar-refractivity contribution in [3.63, 3.8) is 0 Å². The number of hydrogen-bond acceptors (Lipinski definition) is 2. The molecule has 0 radical (unpaired) electrons. The van der Waals surface area contributed by atoms with Crippen LogP contribution in [-0.4, -0.2) is 29.2 Å². The van der Waals surface area contributed by atoms with Crippen LogP contribution in [0.2, 0.25) is 0 Å². The van der Waals surface area contributed by atoms with Crippen molar-refractivity contribution in [2.24, 2.45) is 17.3 Å². The zero-order chi connectivity index (χ0) is 15.5. The van der Waals surface area contributed by atoms with Crippen molar-refractivity contribution < 1.29 is 14.7 Å². The van der Waals surface area contributed by atoms with Crippen LogP contribution in [0.1, 0.15) is 53.9 Å². The summed E-state index contributed by atoms with van der Waals surface area (Å²) in [5.41, 5.74) is -0.519. The van der Waals surface area contributed by atoms with E-state index >= 15 is 0 Å². The summed E-state index contributed by atoms with van der Waals surface area (Å²) in [6, 6.07) is -1.13. The minimum Gasteiger partial charge on any atom is -0.480 e. The molecule has 3 N–H and O–H groups in total. The third-order valence-electron chi connectivity index (χ3n) is 4.41. The number of carbonyl (C=O) groups excluding carboxylic acids is 1. The summed E-state index contributed by atoms with van der Waals surface area (Å²) in [6.45, 7) is 9.75. The predicted molar refractivity (Wildman–Crippen MR) is 78.5 cm³/mol. The molecular formula is C15H28N2O3. The van der Waals surface area contributed by atoms with E-state index in [0.29, 0.717) is 11.8 Å². The van der Waals surface area contributed by atoms with Gasteiger partial charge < -0.3 is 15.7 Å². The van der Waals surface area contributed by atoms with Crippen LogP contribution in [0.25, 0.3) is 0 Å². The maximum Gasteiger partial charge on any atom is 0.326 e. The van der Waals surface area contributed by atoms with Gasteiger partial charge in [-0.3, -0.25) is 0 Å². The summed E-state index contributed by atoms with van der Waals surface area (Å²) in [5.74, 6) is 0.0112. The Kier molecular flexibility index (Phi) is 5.42. The minimum atomic E-state index is -1.00. The van der Waals surface area contributed by atoms with Gasteiger partial charge in [0.2, 0.25) is 0 Å². The van der Waals surface area contributed by atoms with Crippen molar-refractivity contribution >= 4 is 12.0 Å². The lowest BCUT2D eigenvalue weighted by atomic mass is 9.78. The Morgan fingerprint density at radius 3 is 2.30 bits per heavy atom. The van der Waals surface area contributed by atoms with Gasteiger partial charge in [0.1, 0.15) is 6.04 Å². The maximum absolute atomic E-state index is 12.0. The second-order valence-electron chi connectivity index (χ2n) is 7.13. The van der Waals surface area contributed by atoms with Gasteiger partial charge >= 0.3 is 12.0 Å². The van der Waals surface area contributed by atoms with Gasteiger partial charge in [0.05, 0.1) is 0 Å². The molecule has 5 nitrogen and oxygen atoms in total. The zero-order valence-corrected chi connectivity index (χ0v) is 13.2. The standard InChI is InChI=1S/C15H28N2O3/c1-9-7-6-8-11(10(9)2)16-14(20)17-12(13(18)19)15(3,4)5/h9-12H,6-8H2,1-5H3,(H,18,19)(H2,16,17,20)/t9?,10?,11?,12-/m1/s1. The summed E-state index contributed by atoms with van der Waals surface area (Å²) < 4.78 is 0. The molecule has 0 saturated heterocycles. The molecular weight excluding hydrogens is 256 g/mol. The van der Waals surface area contributed by atoms with Gasteiger partial charge in [-0.25, -0.2) is 9.59 Å². The minimum absolute atomic E-state index is 0.133. The van der Waals surface area contributed by atoms with Gasteiger partial charge in [-0.05, 0) is 23.7 Å². The zero-order valence-electron chi connectivity index (χ0n) is 13.2. The molecule has 1 fully saturated rings. The number of rotatable bonds is 3. The summed E-state index contributed by atoms with van der Waals surface area (Å²) >= 11 is 0. The van der Waals surface area contributed by atoms with Crippen LogP contribution < -0.4 is 10.6 Å². The highest BCUT2D eigenvalue weighted by molar-refractivity contribution is 5.83. The van der Waals surface area contributed by atoms with E-state index in [1.54, 1.807) is 20.8 Å². The Labute approximate surface area is 121 Å². The summed E-state index contributed by atoms with van der Waals surface area (Å²) in [5, 5.41) is 14.7. The van der Waals surface area contributed by atoms with Gasteiger partial charge in [0, 0.05) is 6.04 Å². The van der Waals surface area contributed by atoms with Crippen molar-refractivity contribution in [3.05, 3.63) is 0 Å². The van der Waals surface area contributed by atoms with Crippen molar-refractivity contribution in [2.75, 3.05) is 0 Å². The van der Waals surface area contributed by atoms with Crippen molar-refractivity contribution in [2.45, 2.75) is 66.0 Å². The topological polar surface area (TPSA) is 78.4 Å². The van der Waals surface area contributed by atoms with Crippen LogP contribution in [0.4, 0.5) is 4.79 Å². The Morgan fingerprint density at radius 2 is 1.80 bits per heavy atom. The smallest absolute Gasteiger partial charge is 0.326 e. The fourth-order valence-electron chi connectivity index (χ4n) is 2.78. The fourth-order valence-corrected chi connectivity index (χ4v) is 2.78. The van der Waals surface area contributed by atoms with E-state index in [1.165, 1.54) is 6.42 Å². The average Bonchev–Trinajstić information content (AvgIpc) is 2.30. The van der Waals surface area contributed by atoms with Gasteiger partial charge in [-0.1, -0.05) is 47.5 Å². The Bertz CT molecular complexity index is 363. The molecule has 0 aliphatic heterocycles. The molecule has 1 rings (SSSR count). The molecule has 1 aliphatic carbocycles. The number of aliphatic carboxylic acids is 1. The molecule has 116 valence electrons. The SMILES string of the molecule is CC1CCCC(NC(=O)N[C@H](C(=O)O)C(C)(C)C)C1C. The van der Waals surface area contributed by atoms with Gasteiger partial charge in [0.25, 0.3) is 0 Å². The molecule has 1 saturated carbocycles. The quantitative estimate of drug-likeness (QED) is 0.745. The van der Waals surface area contributed by atoms with Crippen LogP contribution in [0.15, 0.2) is 0 Å². The Balaban J connectivity index is 2.60. The molecule has 2 amide bonds. The van der Waals surface area contributed by atoms with E-state index in [4.69, 9.17) is 0 Å². The number of urea groups is 1. The highest BCUT2D eigenvalue weighted by Crippen LogP contribution is 2.29. The number of hydrogen-bond donors (Lipinski definition) is 3. The Morgan fingerprint density at radius 1 is 1.20 bits per heavy atom. The Hall–Kier alpha value is -1.26. The lowest BCUT2D eigenvalue weighted by Crippen LogP contribution is -2.55. The predicted octanol–water partition coefficient (Wildman–Crippen LogP) is 2.61. The lowest BCUT2D eigenvalue weighted by Gasteiger charge is -2.35. The molecule has 1 aliphatic rings. The monoisotopic (exact) mass is 284 g/mol. The van der Waals surface area contributed by atoms with E-state index in [0.717, 1.165) is 12.8 Å². The van der Waals surface area contributed by atoms with Crippen molar-refractivity contribution in [1.29, 1.82) is 0 Å². The maximum atomic E-state index is 12.0. The average molecular weight is 284 g/mol. The van der Waals surface area contributed by atoms with E-state index < -0.39 is 17.4 Å². The molecule has 0 spiro atoms. The fraction of sp³-hybridized carbons (Fsp3) is 0.867. The highest BCUT2D eigenvalue weighted by Gasteiger charge is 2.34. The molecule has 5 heteroatoms. The van der Waals surface area contributed by atoms with Crippen molar-refractivity contribution in [3.8, 4) is 0 Å². The molecule has 0 heterocycles. The summed E-state index contributed by atoms with van der Waals surface area (Å²) in [7, 11) is 0. The molecule has 0 bridgehead atoms. The summed E-state index contributed by atoms with van der Waals surface area (Å²) in [4.78, 5) is 23.3. The summed E-state index contributed by atoms with van der Waals surface area (Å²) in [6.07, 6.45) is 3.27. The van der Waals surface area contributed by atoms with Crippen molar-refractivity contribution in [1.82, 2.24) is 10.6 Å². The molecule has 3 unspecified atom stereocenters. The second kappa shape index (κ2) is 6.46. The van der Waals surface area contributed by atoms with Crippen LogP contribution in [0.3, 0.4) is 0 Å². The third-order valence-corrected chi connectivity index (χ3v) is 4.41. The number of carboxylic acid groups (broad SMARTS) is 1. The van der Waals surface area contributed by atoms with Crippen LogP contribution >= 0.6 is 0 Å². The largest absolute Gasteiger partial charge is 0.480 e. The number of carboxylic acids is 1. The number of carbonyl (C=O) groups is 2. The molecule has 0 aromatic heterocycles. The van der Waals surface area contributed by atoms with Gasteiger partial charge in [-0.15, -0.1) is 0 Å².